The van der Waals surface area contributed by atoms with Crippen LogP contribution in [0.2, 0.25) is 10.2 Å². The minimum absolute atomic E-state index is 0.00817. The number of nitrogens with one attached hydrogen (secondary N) is 2. The summed E-state index contributed by atoms with van der Waals surface area (Å²) < 4.78 is 0. The van der Waals surface area contributed by atoms with E-state index in [4.69, 9.17) is 28.9 Å². The number of carbonyl (C=O) groups is 1. The average molecular weight is 299 g/mol. The molecule has 0 spiro atoms. The normalized spacial score (nSPS) is 10.2. The Morgan fingerprint density at radius 3 is 2.74 bits per heavy atom. The molecule has 98 valence electrons. The first kappa shape index (κ1) is 13.4. The van der Waals surface area contributed by atoms with Gasteiger partial charge in [0, 0.05) is 5.02 Å². The molecular weight excluding hydrogens is 291 g/mol. The number of anilines is 2. The number of nitrogen functional groups attached to an aromatic ring is 1. The number of amides is 1. The van der Waals surface area contributed by atoms with Crippen LogP contribution in [0.3, 0.4) is 0 Å². The minimum atomic E-state index is -0.644. The number of halogens is 2. The number of rotatable bonds is 2. The summed E-state index contributed by atoms with van der Waals surface area (Å²) in [6.45, 7) is 0. The van der Waals surface area contributed by atoms with Crippen LogP contribution in [0.25, 0.3) is 0 Å². The van der Waals surface area contributed by atoms with Crippen molar-refractivity contribution in [3.8, 4) is 0 Å². The van der Waals surface area contributed by atoms with Crippen molar-refractivity contribution in [2.75, 3.05) is 11.1 Å². The highest BCUT2D eigenvalue weighted by Gasteiger charge is 2.13. The van der Waals surface area contributed by atoms with E-state index in [0.29, 0.717) is 10.7 Å². The third-order valence-electron chi connectivity index (χ3n) is 2.28. The fourth-order valence-corrected chi connectivity index (χ4v) is 1.72. The highest BCUT2D eigenvalue weighted by atomic mass is 35.5. The van der Waals surface area contributed by atoms with Crippen LogP contribution in [-0.4, -0.2) is 16.1 Å². The zero-order valence-corrected chi connectivity index (χ0v) is 10.9. The van der Waals surface area contributed by atoms with Gasteiger partial charge in [0.2, 0.25) is 0 Å². The molecule has 0 aliphatic rings. The summed E-state index contributed by atoms with van der Waals surface area (Å²) in [6, 6.07) is 5.76. The van der Waals surface area contributed by atoms with Gasteiger partial charge >= 0.3 is 0 Å². The second kappa shape index (κ2) is 5.29. The molecule has 0 radical (unpaired) electrons. The van der Waals surface area contributed by atoms with Gasteiger partial charge in [-0.2, -0.15) is 5.10 Å². The Bertz CT molecular complexity index is 699. The number of aromatic amines is 1. The van der Waals surface area contributed by atoms with Crippen molar-refractivity contribution in [3.05, 3.63) is 50.4 Å². The van der Waals surface area contributed by atoms with Crippen molar-refractivity contribution < 1.29 is 4.79 Å². The van der Waals surface area contributed by atoms with E-state index < -0.39 is 11.5 Å². The number of carbonyl (C=O) groups excluding carboxylic acids is 1. The molecule has 4 N–H and O–H groups in total. The molecule has 0 saturated carbocycles. The summed E-state index contributed by atoms with van der Waals surface area (Å²) in [5.74, 6) is -0.639. The molecule has 0 aliphatic carbocycles. The molecule has 6 nitrogen and oxygen atoms in total. The van der Waals surface area contributed by atoms with Crippen LogP contribution in [0.15, 0.2) is 29.1 Å². The van der Waals surface area contributed by atoms with Crippen molar-refractivity contribution >= 4 is 40.5 Å². The van der Waals surface area contributed by atoms with E-state index in [1.54, 1.807) is 6.07 Å². The van der Waals surface area contributed by atoms with Crippen LogP contribution in [-0.2, 0) is 0 Å². The number of hydrogen-bond acceptors (Lipinski definition) is 4. The molecule has 2 aromatic rings. The van der Waals surface area contributed by atoms with Gasteiger partial charge in [0.15, 0.2) is 0 Å². The van der Waals surface area contributed by atoms with Crippen LogP contribution in [0.5, 0.6) is 0 Å². The zero-order chi connectivity index (χ0) is 14.0. The van der Waals surface area contributed by atoms with E-state index in [2.05, 4.69) is 15.5 Å². The van der Waals surface area contributed by atoms with Crippen molar-refractivity contribution in [2.45, 2.75) is 0 Å². The number of H-pyrrole nitrogens is 1. The maximum Gasteiger partial charge on any atom is 0.277 e. The monoisotopic (exact) mass is 298 g/mol. The van der Waals surface area contributed by atoms with Crippen LogP contribution >= 0.6 is 23.2 Å². The maximum absolute atomic E-state index is 11.9. The lowest BCUT2D eigenvalue weighted by molar-refractivity contribution is 0.102. The predicted octanol–water partition coefficient (Wildman–Crippen LogP) is 1.91. The Morgan fingerprint density at radius 2 is 2.05 bits per heavy atom. The highest BCUT2D eigenvalue weighted by molar-refractivity contribution is 6.31. The lowest BCUT2D eigenvalue weighted by atomic mass is 10.2. The molecular formula is C11H8Cl2N4O2. The van der Waals surface area contributed by atoms with Crippen LogP contribution < -0.4 is 16.6 Å². The Morgan fingerprint density at radius 1 is 1.32 bits per heavy atom. The summed E-state index contributed by atoms with van der Waals surface area (Å²) in [5.41, 5.74) is 5.53. The predicted molar refractivity (Wildman–Crippen MR) is 73.7 cm³/mol. The molecule has 0 saturated heterocycles. The van der Waals surface area contributed by atoms with Gasteiger partial charge in [0.1, 0.15) is 10.7 Å². The van der Waals surface area contributed by atoms with E-state index in [0.717, 1.165) is 0 Å². The number of hydrogen-bond donors (Lipinski definition) is 3. The maximum atomic E-state index is 11.9. The molecule has 8 heteroatoms. The molecule has 0 aliphatic heterocycles. The van der Waals surface area contributed by atoms with E-state index in [1.165, 1.54) is 18.2 Å². The zero-order valence-electron chi connectivity index (χ0n) is 9.41. The minimum Gasteiger partial charge on any atom is -0.397 e. The Balaban J connectivity index is 2.31. The van der Waals surface area contributed by atoms with Crippen molar-refractivity contribution in [1.82, 2.24) is 10.2 Å². The van der Waals surface area contributed by atoms with Crippen LogP contribution in [0.4, 0.5) is 11.4 Å². The smallest absolute Gasteiger partial charge is 0.277 e. The van der Waals surface area contributed by atoms with Gasteiger partial charge in [-0.3, -0.25) is 9.59 Å². The van der Waals surface area contributed by atoms with E-state index >= 15 is 0 Å². The first-order valence-electron chi connectivity index (χ1n) is 5.09. The van der Waals surface area contributed by atoms with E-state index in [-0.39, 0.29) is 16.4 Å². The molecule has 2 rings (SSSR count). The second-order valence-electron chi connectivity index (χ2n) is 3.62. The Kier molecular flexibility index (Phi) is 3.73. The van der Waals surface area contributed by atoms with Gasteiger partial charge < -0.3 is 11.1 Å². The van der Waals surface area contributed by atoms with Crippen LogP contribution in [0.1, 0.15) is 10.4 Å². The van der Waals surface area contributed by atoms with Crippen molar-refractivity contribution in [3.63, 3.8) is 0 Å². The highest BCUT2D eigenvalue weighted by Crippen LogP contribution is 2.22. The summed E-state index contributed by atoms with van der Waals surface area (Å²) in [6.07, 6.45) is 0. The molecule has 0 unspecified atom stereocenters. The first-order chi connectivity index (χ1) is 8.97. The lowest BCUT2D eigenvalue weighted by Gasteiger charge is -2.07. The number of nitrogens with zero attached hydrogens (tertiary/aromatic N) is 1. The molecule has 1 aromatic heterocycles. The summed E-state index contributed by atoms with van der Waals surface area (Å²) in [5, 5.41) is 8.52. The summed E-state index contributed by atoms with van der Waals surface area (Å²) >= 11 is 11.4. The van der Waals surface area contributed by atoms with Crippen molar-refractivity contribution in [1.29, 1.82) is 0 Å². The molecule has 1 aromatic carbocycles. The molecule has 1 amide bonds. The number of nitrogens with two attached hydrogens (primary N) is 1. The average Bonchev–Trinajstić information content (AvgIpc) is 2.35. The van der Waals surface area contributed by atoms with Crippen LogP contribution in [0, 0.1) is 0 Å². The van der Waals surface area contributed by atoms with Crippen molar-refractivity contribution in [2.24, 2.45) is 0 Å². The molecule has 0 bridgehead atoms. The third-order valence-corrected chi connectivity index (χ3v) is 2.71. The van der Waals surface area contributed by atoms with Gasteiger partial charge in [0.05, 0.1) is 11.4 Å². The van der Waals surface area contributed by atoms with E-state index in [9.17, 15) is 9.59 Å². The van der Waals surface area contributed by atoms with Gasteiger partial charge in [-0.1, -0.05) is 23.2 Å². The topological polar surface area (TPSA) is 101 Å². The fourth-order valence-electron chi connectivity index (χ4n) is 1.39. The van der Waals surface area contributed by atoms with Gasteiger partial charge in [-0.25, -0.2) is 5.10 Å². The SMILES string of the molecule is Nc1cc(Cl)ccc1NC(=O)c1cc(Cl)n[nH]c1=O. The second-order valence-corrected chi connectivity index (χ2v) is 4.44. The number of benzene rings is 1. The van der Waals surface area contributed by atoms with E-state index in [1.807, 2.05) is 0 Å². The van der Waals surface area contributed by atoms with Gasteiger partial charge in [-0.05, 0) is 24.3 Å². The lowest BCUT2D eigenvalue weighted by Crippen LogP contribution is -2.24. The standard InChI is InChI=1S/C11H8Cl2N4O2/c12-5-1-2-8(7(14)3-5)15-10(18)6-4-9(13)16-17-11(6)19/h1-4H,14H2,(H,15,18)(H,17,19). The molecule has 1 heterocycles. The largest absolute Gasteiger partial charge is 0.397 e. The Hall–Kier alpha value is -2.05. The summed E-state index contributed by atoms with van der Waals surface area (Å²) in [7, 11) is 0. The molecule has 19 heavy (non-hydrogen) atoms. The third kappa shape index (κ3) is 3.04. The quantitative estimate of drug-likeness (QED) is 0.737. The summed E-state index contributed by atoms with van der Waals surface area (Å²) in [4.78, 5) is 23.4. The molecule has 0 fully saturated rings. The fraction of sp³-hybridized carbons (Fsp3) is 0. The Labute approximate surface area is 117 Å². The number of aromatic nitrogens is 2. The van der Waals surface area contributed by atoms with Gasteiger partial charge in [0.25, 0.3) is 11.5 Å². The first-order valence-corrected chi connectivity index (χ1v) is 5.84. The van der Waals surface area contributed by atoms with Gasteiger partial charge in [-0.15, -0.1) is 0 Å². The molecule has 0 atom stereocenters.